The maximum absolute atomic E-state index is 5.87. The largest absolute Gasteiger partial charge is 0.492 e. The molecule has 0 aliphatic carbocycles. The van der Waals surface area contributed by atoms with E-state index in [1.807, 2.05) is 7.05 Å². The number of hydrogen-bond acceptors (Lipinski definition) is 4. The summed E-state index contributed by atoms with van der Waals surface area (Å²) in [6, 6.07) is 6.27. The molecule has 1 aliphatic heterocycles. The topological polar surface area (TPSA) is 55.3 Å². The van der Waals surface area contributed by atoms with Crippen molar-refractivity contribution in [3.8, 4) is 5.75 Å². The van der Waals surface area contributed by atoms with E-state index in [-0.39, 0.29) is 30.1 Å². The SMILES string of the molecule is CN=C(NCCOCC1CCCO1)N(C)CCOc1cc(C)cc(C)c1.I. The summed E-state index contributed by atoms with van der Waals surface area (Å²) in [6.45, 7) is 8.44. The third-order valence-electron chi connectivity index (χ3n) is 4.32. The average Bonchev–Trinajstić information content (AvgIpc) is 3.10. The normalized spacial score (nSPS) is 16.7. The van der Waals surface area contributed by atoms with E-state index >= 15 is 0 Å². The Morgan fingerprint density at radius 3 is 2.63 bits per heavy atom. The van der Waals surface area contributed by atoms with Gasteiger partial charge in [0, 0.05) is 27.2 Å². The van der Waals surface area contributed by atoms with Crippen LogP contribution >= 0.6 is 24.0 Å². The van der Waals surface area contributed by atoms with Crippen LogP contribution in [0.15, 0.2) is 23.2 Å². The molecule has 1 fully saturated rings. The predicted molar refractivity (Wildman–Crippen MR) is 121 cm³/mol. The second-order valence-corrected chi connectivity index (χ2v) is 6.78. The van der Waals surface area contributed by atoms with E-state index in [1.165, 1.54) is 11.1 Å². The van der Waals surface area contributed by atoms with E-state index in [9.17, 15) is 0 Å². The molecule has 1 unspecified atom stereocenters. The van der Waals surface area contributed by atoms with Gasteiger partial charge in [0.05, 0.1) is 25.9 Å². The number of halogens is 1. The van der Waals surface area contributed by atoms with Crippen LogP contribution in [0.25, 0.3) is 0 Å². The second-order valence-electron chi connectivity index (χ2n) is 6.78. The van der Waals surface area contributed by atoms with Crippen LogP contribution in [-0.4, -0.2) is 70.6 Å². The first-order chi connectivity index (χ1) is 12.6. The second kappa shape index (κ2) is 13.2. The van der Waals surface area contributed by atoms with Gasteiger partial charge in [-0.1, -0.05) is 6.07 Å². The van der Waals surface area contributed by atoms with Gasteiger partial charge < -0.3 is 24.4 Å². The van der Waals surface area contributed by atoms with Crippen molar-refractivity contribution in [3.63, 3.8) is 0 Å². The fraction of sp³-hybridized carbons (Fsp3) is 0.650. The summed E-state index contributed by atoms with van der Waals surface area (Å²) >= 11 is 0. The molecule has 1 aromatic carbocycles. The Balaban J connectivity index is 0.00000364. The third-order valence-corrected chi connectivity index (χ3v) is 4.32. The van der Waals surface area contributed by atoms with E-state index in [4.69, 9.17) is 14.2 Å². The quantitative estimate of drug-likeness (QED) is 0.249. The Kier molecular flexibility index (Phi) is 11.7. The number of ether oxygens (including phenoxy) is 3. The van der Waals surface area contributed by atoms with E-state index in [0.29, 0.717) is 19.8 Å². The lowest BCUT2D eigenvalue weighted by atomic mass is 10.1. The first kappa shape index (κ1) is 24.0. The Morgan fingerprint density at radius 1 is 1.26 bits per heavy atom. The van der Waals surface area contributed by atoms with E-state index < -0.39 is 0 Å². The third kappa shape index (κ3) is 9.12. The van der Waals surface area contributed by atoms with Crippen LogP contribution in [0.4, 0.5) is 0 Å². The highest BCUT2D eigenvalue weighted by molar-refractivity contribution is 14.0. The zero-order valence-electron chi connectivity index (χ0n) is 17.0. The molecular weight excluding hydrogens is 457 g/mol. The fourth-order valence-corrected chi connectivity index (χ4v) is 3.03. The highest BCUT2D eigenvalue weighted by atomic mass is 127. The summed E-state index contributed by atoms with van der Waals surface area (Å²) in [6.07, 6.45) is 2.53. The first-order valence-electron chi connectivity index (χ1n) is 9.40. The highest BCUT2D eigenvalue weighted by Crippen LogP contribution is 2.16. The molecule has 27 heavy (non-hydrogen) atoms. The van der Waals surface area contributed by atoms with Crippen molar-refractivity contribution >= 4 is 29.9 Å². The van der Waals surface area contributed by atoms with Crippen molar-refractivity contribution in [3.05, 3.63) is 29.3 Å². The zero-order valence-corrected chi connectivity index (χ0v) is 19.3. The number of aryl methyl sites for hydroxylation is 2. The number of likely N-dealkylation sites (N-methyl/N-ethyl adjacent to an activating group) is 1. The predicted octanol–water partition coefficient (Wildman–Crippen LogP) is 3.00. The van der Waals surface area contributed by atoms with Crippen molar-refractivity contribution in [1.29, 1.82) is 0 Å². The molecule has 0 saturated carbocycles. The molecule has 1 atom stereocenters. The van der Waals surface area contributed by atoms with Gasteiger partial charge in [-0.2, -0.15) is 0 Å². The lowest BCUT2D eigenvalue weighted by molar-refractivity contribution is 0.0190. The molecule has 0 aromatic heterocycles. The molecule has 154 valence electrons. The zero-order chi connectivity index (χ0) is 18.8. The smallest absolute Gasteiger partial charge is 0.193 e. The minimum Gasteiger partial charge on any atom is -0.492 e. The summed E-state index contributed by atoms with van der Waals surface area (Å²) in [7, 11) is 3.80. The molecule has 0 amide bonds. The Bertz CT molecular complexity index is 557. The van der Waals surface area contributed by atoms with Gasteiger partial charge in [0.15, 0.2) is 5.96 Å². The summed E-state index contributed by atoms with van der Waals surface area (Å²) in [4.78, 5) is 6.37. The highest BCUT2D eigenvalue weighted by Gasteiger charge is 2.15. The van der Waals surface area contributed by atoms with Gasteiger partial charge in [-0.25, -0.2) is 0 Å². The van der Waals surface area contributed by atoms with Crippen molar-refractivity contribution < 1.29 is 14.2 Å². The van der Waals surface area contributed by atoms with Crippen LogP contribution in [-0.2, 0) is 9.47 Å². The minimum atomic E-state index is 0. The Morgan fingerprint density at radius 2 is 2.00 bits per heavy atom. The number of aliphatic imine (C=N–C) groups is 1. The van der Waals surface area contributed by atoms with Gasteiger partial charge in [-0.3, -0.25) is 4.99 Å². The van der Waals surface area contributed by atoms with Crippen LogP contribution < -0.4 is 10.1 Å². The summed E-state index contributed by atoms with van der Waals surface area (Å²) in [5.41, 5.74) is 2.43. The van der Waals surface area contributed by atoms with Crippen LogP contribution in [0, 0.1) is 13.8 Å². The molecule has 7 heteroatoms. The summed E-state index contributed by atoms with van der Waals surface area (Å²) in [5.74, 6) is 1.76. The van der Waals surface area contributed by atoms with Crippen LogP contribution in [0.2, 0.25) is 0 Å². The lowest BCUT2D eigenvalue weighted by Gasteiger charge is -2.22. The summed E-state index contributed by atoms with van der Waals surface area (Å²) in [5, 5.41) is 3.32. The first-order valence-corrected chi connectivity index (χ1v) is 9.40. The van der Waals surface area contributed by atoms with Gasteiger partial charge in [-0.05, 0) is 49.9 Å². The fourth-order valence-electron chi connectivity index (χ4n) is 3.03. The van der Waals surface area contributed by atoms with Crippen molar-refractivity contribution in [2.75, 3.05) is 53.6 Å². The number of rotatable bonds is 9. The molecule has 2 rings (SSSR count). The van der Waals surface area contributed by atoms with Crippen LogP contribution in [0.5, 0.6) is 5.75 Å². The van der Waals surface area contributed by atoms with E-state index in [1.54, 1.807) is 7.05 Å². The molecule has 0 radical (unpaired) electrons. The van der Waals surface area contributed by atoms with Gasteiger partial charge in [-0.15, -0.1) is 24.0 Å². The van der Waals surface area contributed by atoms with E-state index in [0.717, 1.165) is 44.2 Å². The summed E-state index contributed by atoms with van der Waals surface area (Å²) < 4.78 is 17.1. The molecule has 1 heterocycles. The molecule has 1 aromatic rings. The molecule has 1 aliphatic rings. The van der Waals surface area contributed by atoms with Gasteiger partial charge in [0.1, 0.15) is 12.4 Å². The standard InChI is InChI=1S/C20H33N3O3.HI/c1-16-12-17(2)14-19(13-16)26-11-8-23(4)20(21-3)22-7-10-24-15-18-6-5-9-25-18;/h12-14,18H,5-11,15H2,1-4H3,(H,21,22);1H. The van der Waals surface area contributed by atoms with Gasteiger partial charge >= 0.3 is 0 Å². The van der Waals surface area contributed by atoms with Crippen molar-refractivity contribution in [2.24, 2.45) is 4.99 Å². The number of benzene rings is 1. The number of nitrogens with zero attached hydrogens (tertiary/aromatic N) is 2. The lowest BCUT2D eigenvalue weighted by Crippen LogP contribution is -2.42. The molecule has 6 nitrogen and oxygen atoms in total. The van der Waals surface area contributed by atoms with Gasteiger partial charge in [0.25, 0.3) is 0 Å². The number of nitrogens with one attached hydrogen (secondary N) is 1. The number of hydrogen-bond donors (Lipinski definition) is 1. The molecular formula is C20H34IN3O3. The van der Waals surface area contributed by atoms with Crippen LogP contribution in [0.3, 0.4) is 0 Å². The monoisotopic (exact) mass is 491 g/mol. The molecule has 0 bridgehead atoms. The average molecular weight is 491 g/mol. The maximum atomic E-state index is 5.87. The number of guanidine groups is 1. The molecule has 0 spiro atoms. The van der Waals surface area contributed by atoms with E-state index in [2.05, 4.69) is 47.3 Å². The maximum Gasteiger partial charge on any atom is 0.193 e. The Labute approximate surface area is 180 Å². The molecule has 1 N–H and O–H groups in total. The van der Waals surface area contributed by atoms with Crippen molar-refractivity contribution in [2.45, 2.75) is 32.8 Å². The molecule has 1 saturated heterocycles. The Hall–Kier alpha value is -1.06. The van der Waals surface area contributed by atoms with Crippen LogP contribution in [0.1, 0.15) is 24.0 Å². The van der Waals surface area contributed by atoms with Crippen molar-refractivity contribution in [1.82, 2.24) is 10.2 Å². The van der Waals surface area contributed by atoms with Gasteiger partial charge in [0.2, 0.25) is 0 Å². The minimum absolute atomic E-state index is 0.